The van der Waals surface area contributed by atoms with Crippen molar-refractivity contribution in [1.29, 1.82) is 0 Å². The lowest BCUT2D eigenvalue weighted by molar-refractivity contribution is 0.0339. The first-order valence-electron chi connectivity index (χ1n) is 8.25. The van der Waals surface area contributed by atoms with Gasteiger partial charge in [-0.3, -0.25) is 4.90 Å². The van der Waals surface area contributed by atoms with Crippen molar-refractivity contribution in [2.75, 3.05) is 33.4 Å². The Morgan fingerprint density at radius 1 is 1.17 bits per heavy atom. The van der Waals surface area contributed by atoms with E-state index in [1.54, 1.807) is 7.11 Å². The van der Waals surface area contributed by atoms with Gasteiger partial charge < -0.3 is 14.5 Å². The zero-order valence-corrected chi connectivity index (χ0v) is 13.8. The van der Waals surface area contributed by atoms with Crippen molar-refractivity contribution in [1.82, 2.24) is 14.9 Å². The molecule has 5 nitrogen and oxygen atoms in total. The average molecular weight is 323 g/mol. The first-order valence-corrected chi connectivity index (χ1v) is 8.25. The maximum Gasteiger partial charge on any atom is 0.138 e. The zero-order valence-electron chi connectivity index (χ0n) is 13.8. The first-order chi connectivity index (χ1) is 11.8. The van der Waals surface area contributed by atoms with E-state index in [0.717, 1.165) is 61.0 Å². The van der Waals surface area contributed by atoms with E-state index in [4.69, 9.17) is 14.5 Å². The van der Waals surface area contributed by atoms with Crippen LogP contribution < -0.4 is 4.74 Å². The Labute approximate surface area is 141 Å². The van der Waals surface area contributed by atoms with Crippen LogP contribution in [0.25, 0.3) is 22.4 Å². The first kappa shape index (κ1) is 15.2. The summed E-state index contributed by atoms with van der Waals surface area (Å²) in [6.07, 6.45) is 0. The lowest BCUT2D eigenvalue weighted by atomic mass is 10.1. The predicted octanol–water partition coefficient (Wildman–Crippen LogP) is 3.07. The molecule has 2 heterocycles. The van der Waals surface area contributed by atoms with E-state index >= 15 is 0 Å². The highest BCUT2D eigenvalue weighted by atomic mass is 16.5. The van der Waals surface area contributed by atoms with Crippen LogP contribution in [0, 0.1) is 0 Å². The number of aromatic amines is 1. The number of ether oxygens (including phenoxy) is 2. The molecule has 4 rings (SSSR count). The second kappa shape index (κ2) is 6.63. The van der Waals surface area contributed by atoms with Gasteiger partial charge in [-0.1, -0.05) is 12.1 Å². The van der Waals surface area contributed by atoms with E-state index in [9.17, 15) is 0 Å². The summed E-state index contributed by atoms with van der Waals surface area (Å²) in [5, 5.41) is 0. The molecule has 0 radical (unpaired) electrons. The molecule has 0 unspecified atom stereocenters. The second-order valence-electron chi connectivity index (χ2n) is 6.02. The fourth-order valence-corrected chi connectivity index (χ4v) is 3.14. The molecule has 1 aromatic heterocycles. The Kier molecular flexibility index (Phi) is 4.19. The fourth-order valence-electron chi connectivity index (χ4n) is 3.14. The molecule has 124 valence electrons. The lowest BCUT2D eigenvalue weighted by Crippen LogP contribution is -2.35. The molecular weight excluding hydrogens is 302 g/mol. The van der Waals surface area contributed by atoms with Crippen LogP contribution in [-0.2, 0) is 11.3 Å². The maximum atomic E-state index is 5.55. The number of nitrogens with zero attached hydrogens (tertiary/aromatic N) is 2. The fraction of sp³-hybridized carbons (Fsp3) is 0.316. The Morgan fingerprint density at radius 2 is 2.00 bits per heavy atom. The number of benzene rings is 2. The Morgan fingerprint density at radius 3 is 2.79 bits per heavy atom. The summed E-state index contributed by atoms with van der Waals surface area (Å²) in [4.78, 5) is 10.5. The lowest BCUT2D eigenvalue weighted by Gasteiger charge is -2.27. The molecule has 24 heavy (non-hydrogen) atoms. The standard InChI is InChI=1S/C19H21N3O2/c1-23-18-7-6-14(12-15(18)13-22-8-10-24-11-9-22)19-20-16-4-2-3-5-17(16)21-19/h2-7,12H,8-11,13H2,1H3,(H,20,21). The number of methoxy groups -OCH3 is 1. The summed E-state index contributed by atoms with van der Waals surface area (Å²) < 4.78 is 11.0. The van der Waals surface area contributed by atoms with Crippen molar-refractivity contribution in [3.05, 3.63) is 48.0 Å². The predicted molar refractivity (Wildman–Crippen MR) is 94.2 cm³/mol. The van der Waals surface area contributed by atoms with E-state index in [1.807, 2.05) is 30.3 Å². The highest BCUT2D eigenvalue weighted by molar-refractivity contribution is 5.79. The van der Waals surface area contributed by atoms with Gasteiger partial charge in [-0.05, 0) is 30.3 Å². The van der Waals surface area contributed by atoms with Gasteiger partial charge in [0, 0.05) is 30.8 Å². The Balaban J connectivity index is 1.67. The van der Waals surface area contributed by atoms with Crippen LogP contribution in [0.3, 0.4) is 0 Å². The number of nitrogens with one attached hydrogen (secondary N) is 1. The normalized spacial score (nSPS) is 15.7. The second-order valence-corrected chi connectivity index (χ2v) is 6.02. The van der Waals surface area contributed by atoms with Crippen molar-refractivity contribution in [3.8, 4) is 17.1 Å². The van der Waals surface area contributed by atoms with Gasteiger partial charge in [0.1, 0.15) is 11.6 Å². The topological polar surface area (TPSA) is 50.4 Å². The molecule has 5 heteroatoms. The minimum absolute atomic E-state index is 0.797. The molecular formula is C19H21N3O2. The molecule has 2 aromatic carbocycles. The minimum Gasteiger partial charge on any atom is -0.496 e. The molecule has 1 aliphatic rings. The molecule has 3 aromatic rings. The summed E-state index contributed by atoms with van der Waals surface area (Å²) in [5.74, 6) is 1.81. The zero-order chi connectivity index (χ0) is 16.4. The van der Waals surface area contributed by atoms with E-state index in [0.29, 0.717) is 0 Å². The Bertz CT molecular complexity index is 804. The van der Waals surface area contributed by atoms with Crippen molar-refractivity contribution in [2.45, 2.75) is 6.54 Å². The molecule has 0 saturated carbocycles. The van der Waals surface area contributed by atoms with Gasteiger partial charge in [-0.15, -0.1) is 0 Å². The molecule has 0 aliphatic carbocycles. The average Bonchev–Trinajstić information content (AvgIpc) is 3.07. The van der Waals surface area contributed by atoms with Gasteiger partial charge in [0.05, 0.1) is 31.4 Å². The van der Waals surface area contributed by atoms with Crippen molar-refractivity contribution < 1.29 is 9.47 Å². The number of aromatic nitrogens is 2. The molecule has 1 N–H and O–H groups in total. The summed E-state index contributed by atoms with van der Waals surface area (Å²) in [6.45, 7) is 4.37. The smallest absolute Gasteiger partial charge is 0.138 e. The van der Waals surface area contributed by atoms with Crippen LogP contribution in [0.2, 0.25) is 0 Å². The van der Waals surface area contributed by atoms with Crippen LogP contribution in [0.1, 0.15) is 5.56 Å². The van der Waals surface area contributed by atoms with Crippen LogP contribution in [0.5, 0.6) is 5.75 Å². The molecule has 1 aliphatic heterocycles. The van der Waals surface area contributed by atoms with Gasteiger partial charge in [0.2, 0.25) is 0 Å². The number of H-pyrrole nitrogens is 1. The van der Waals surface area contributed by atoms with Crippen molar-refractivity contribution in [2.24, 2.45) is 0 Å². The number of fused-ring (bicyclic) bond motifs is 1. The molecule has 1 saturated heterocycles. The van der Waals surface area contributed by atoms with Crippen molar-refractivity contribution in [3.63, 3.8) is 0 Å². The van der Waals surface area contributed by atoms with E-state index < -0.39 is 0 Å². The summed E-state index contributed by atoms with van der Waals surface area (Å²) in [7, 11) is 1.72. The molecule has 1 fully saturated rings. The van der Waals surface area contributed by atoms with Crippen LogP contribution in [0.15, 0.2) is 42.5 Å². The largest absolute Gasteiger partial charge is 0.496 e. The molecule has 0 amide bonds. The van der Waals surface area contributed by atoms with Gasteiger partial charge in [-0.2, -0.15) is 0 Å². The van der Waals surface area contributed by atoms with E-state index in [1.165, 1.54) is 5.56 Å². The number of hydrogen-bond donors (Lipinski definition) is 1. The SMILES string of the molecule is COc1ccc(-c2nc3ccccc3[nH]2)cc1CN1CCOCC1. The third-order valence-electron chi connectivity index (χ3n) is 4.44. The van der Waals surface area contributed by atoms with Crippen molar-refractivity contribution >= 4 is 11.0 Å². The third-order valence-corrected chi connectivity index (χ3v) is 4.44. The van der Waals surface area contributed by atoms with Gasteiger partial charge in [0.15, 0.2) is 0 Å². The van der Waals surface area contributed by atoms with E-state index in [-0.39, 0.29) is 0 Å². The van der Waals surface area contributed by atoms with Crippen LogP contribution in [-0.4, -0.2) is 48.3 Å². The third kappa shape index (κ3) is 3.00. The highest BCUT2D eigenvalue weighted by Gasteiger charge is 2.15. The Hall–Kier alpha value is -2.37. The van der Waals surface area contributed by atoms with E-state index in [2.05, 4.69) is 22.0 Å². The van der Waals surface area contributed by atoms with Gasteiger partial charge >= 0.3 is 0 Å². The van der Waals surface area contributed by atoms with Crippen LogP contribution in [0.4, 0.5) is 0 Å². The number of para-hydroxylation sites is 2. The minimum atomic E-state index is 0.797. The quantitative estimate of drug-likeness (QED) is 0.802. The highest BCUT2D eigenvalue weighted by Crippen LogP contribution is 2.27. The monoisotopic (exact) mass is 323 g/mol. The van der Waals surface area contributed by atoms with Gasteiger partial charge in [0.25, 0.3) is 0 Å². The van der Waals surface area contributed by atoms with Gasteiger partial charge in [-0.25, -0.2) is 4.98 Å². The number of rotatable bonds is 4. The van der Waals surface area contributed by atoms with Crippen LogP contribution >= 0.6 is 0 Å². The maximum absolute atomic E-state index is 5.55. The number of morpholine rings is 1. The molecule has 0 spiro atoms. The summed E-state index contributed by atoms with van der Waals surface area (Å²) >= 11 is 0. The summed E-state index contributed by atoms with van der Waals surface area (Å²) in [6, 6.07) is 14.3. The summed E-state index contributed by atoms with van der Waals surface area (Å²) in [5.41, 5.74) is 4.30. The molecule has 0 atom stereocenters. The molecule has 0 bridgehead atoms. The number of imidazole rings is 1. The number of hydrogen-bond acceptors (Lipinski definition) is 4.